The average molecular weight is 259 g/mol. The van der Waals surface area contributed by atoms with Crippen molar-refractivity contribution in [3.05, 3.63) is 29.6 Å². The van der Waals surface area contributed by atoms with Crippen molar-refractivity contribution < 1.29 is 0 Å². The highest BCUT2D eigenvalue weighted by atomic mass is 15.1. The number of nitrogens with one attached hydrogen (secondary N) is 1. The standard InChI is InChI=1S/C16H25N3/c1-13-8-14(10-17-9-13)11-19-7-3-4-15(12-19)16-5-2-6-18-16/h8-10,15-16,18H,2-7,11-12H2,1H3. The topological polar surface area (TPSA) is 28.2 Å². The molecule has 104 valence electrons. The van der Waals surface area contributed by atoms with Gasteiger partial charge in [-0.3, -0.25) is 9.88 Å². The monoisotopic (exact) mass is 259 g/mol. The number of nitrogens with zero attached hydrogens (tertiary/aromatic N) is 2. The molecule has 0 bridgehead atoms. The number of aryl methyl sites for hydroxylation is 1. The Labute approximate surface area is 116 Å². The lowest BCUT2D eigenvalue weighted by Crippen LogP contribution is -2.43. The van der Waals surface area contributed by atoms with Crippen LogP contribution in [0.2, 0.25) is 0 Å². The Morgan fingerprint density at radius 3 is 3.05 bits per heavy atom. The maximum Gasteiger partial charge on any atom is 0.0313 e. The maximum absolute atomic E-state index is 4.31. The van der Waals surface area contributed by atoms with Gasteiger partial charge >= 0.3 is 0 Å². The fraction of sp³-hybridized carbons (Fsp3) is 0.688. The van der Waals surface area contributed by atoms with Crippen molar-refractivity contribution in [1.82, 2.24) is 15.2 Å². The van der Waals surface area contributed by atoms with Crippen LogP contribution in [-0.4, -0.2) is 35.6 Å². The molecule has 0 aliphatic carbocycles. The summed E-state index contributed by atoms with van der Waals surface area (Å²) in [4.78, 5) is 6.92. The Balaban J connectivity index is 1.58. The third kappa shape index (κ3) is 3.34. The molecule has 2 atom stereocenters. The van der Waals surface area contributed by atoms with Crippen LogP contribution in [0.3, 0.4) is 0 Å². The second kappa shape index (κ2) is 6.02. The number of rotatable bonds is 3. The lowest BCUT2D eigenvalue weighted by molar-refractivity contribution is 0.145. The first kappa shape index (κ1) is 13.1. The number of likely N-dealkylation sites (tertiary alicyclic amines) is 1. The van der Waals surface area contributed by atoms with Gasteiger partial charge < -0.3 is 5.32 Å². The molecule has 3 rings (SSSR count). The van der Waals surface area contributed by atoms with E-state index in [4.69, 9.17) is 0 Å². The van der Waals surface area contributed by atoms with Crippen molar-refractivity contribution in [3.8, 4) is 0 Å². The maximum atomic E-state index is 4.31. The molecule has 0 saturated carbocycles. The van der Waals surface area contributed by atoms with E-state index in [1.54, 1.807) is 0 Å². The third-order valence-corrected chi connectivity index (χ3v) is 4.55. The largest absolute Gasteiger partial charge is 0.314 e. The molecule has 19 heavy (non-hydrogen) atoms. The van der Waals surface area contributed by atoms with Crippen LogP contribution in [0, 0.1) is 12.8 Å². The van der Waals surface area contributed by atoms with Gasteiger partial charge in [0.2, 0.25) is 0 Å². The Morgan fingerprint density at radius 1 is 1.32 bits per heavy atom. The third-order valence-electron chi connectivity index (χ3n) is 4.55. The first-order chi connectivity index (χ1) is 9.31. The molecule has 0 radical (unpaired) electrons. The normalized spacial score (nSPS) is 28.7. The lowest BCUT2D eigenvalue weighted by Gasteiger charge is -2.35. The van der Waals surface area contributed by atoms with Gasteiger partial charge in [0.15, 0.2) is 0 Å². The second-order valence-corrected chi connectivity index (χ2v) is 6.21. The second-order valence-electron chi connectivity index (χ2n) is 6.21. The highest BCUT2D eigenvalue weighted by molar-refractivity contribution is 5.16. The summed E-state index contributed by atoms with van der Waals surface area (Å²) in [6, 6.07) is 3.04. The lowest BCUT2D eigenvalue weighted by atomic mass is 9.89. The summed E-state index contributed by atoms with van der Waals surface area (Å²) in [7, 11) is 0. The first-order valence-electron chi connectivity index (χ1n) is 7.67. The molecule has 3 heteroatoms. The molecule has 2 fully saturated rings. The number of aromatic nitrogens is 1. The zero-order valence-corrected chi connectivity index (χ0v) is 11.9. The van der Waals surface area contributed by atoms with Crippen molar-refractivity contribution >= 4 is 0 Å². The van der Waals surface area contributed by atoms with E-state index in [9.17, 15) is 0 Å². The van der Waals surface area contributed by atoms with Crippen molar-refractivity contribution in [2.24, 2.45) is 5.92 Å². The Bertz CT molecular complexity index is 412. The number of piperidine rings is 1. The molecule has 1 aromatic rings. The van der Waals surface area contributed by atoms with Gasteiger partial charge in [0, 0.05) is 31.5 Å². The van der Waals surface area contributed by atoms with Crippen molar-refractivity contribution in [3.63, 3.8) is 0 Å². The molecule has 2 aliphatic heterocycles. The van der Waals surface area contributed by atoms with Crippen LogP contribution in [0.25, 0.3) is 0 Å². The van der Waals surface area contributed by atoms with E-state index < -0.39 is 0 Å². The molecule has 0 aromatic carbocycles. The molecule has 0 spiro atoms. The first-order valence-corrected chi connectivity index (χ1v) is 7.67. The van der Waals surface area contributed by atoms with Crippen molar-refractivity contribution in [2.75, 3.05) is 19.6 Å². The average Bonchev–Trinajstić information content (AvgIpc) is 2.93. The Hall–Kier alpha value is -0.930. The van der Waals surface area contributed by atoms with Gasteiger partial charge in [-0.25, -0.2) is 0 Å². The van der Waals surface area contributed by atoms with Gasteiger partial charge in [-0.15, -0.1) is 0 Å². The summed E-state index contributed by atoms with van der Waals surface area (Å²) >= 11 is 0. The van der Waals surface area contributed by atoms with Crippen LogP contribution >= 0.6 is 0 Å². The smallest absolute Gasteiger partial charge is 0.0313 e. The molecule has 0 amide bonds. The van der Waals surface area contributed by atoms with Gasteiger partial charge in [-0.2, -0.15) is 0 Å². The molecule has 3 heterocycles. The van der Waals surface area contributed by atoms with Crippen LogP contribution in [0.5, 0.6) is 0 Å². The Morgan fingerprint density at radius 2 is 2.26 bits per heavy atom. The summed E-state index contributed by atoms with van der Waals surface area (Å²) in [6.07, 6.45) is 9.45. The molecular formula is C16H25N3. The molecule has 2 saturated heterocycles. The molecule has 1 aromatic heterocycles. The molecule has 2 aliphatic rings. The van der Waals surface area contributed by atoms with Gasteiger partial charge in [0.1, 0.15) is 0 Å². The number of hydrogen-bond acceptors (Lipinski definition) is 3. The zero-order chi connectivity index (χ0) is 13.1. The summed E-state index contributed by atoms with van der Waals surface area (Å²) in [6.45, 7) is 6.92. The summed E-state index contributed by atoms with van der Waals surface area (Å²) in [5, 5.41) is 3.68. The van der Waals surface area contributed by atoms with Crippen molar-refractivity contribution in [1.29, 1.82) is 0 Å². The molecule has 1 N–H and O–H groups in total. The van der Waals surface area contributed by atoms with Crippen LogP contribution in [0.1, 0.15) is 36.8 Å². The van der Waals surface area contributed by atoms with Gasteiger partial charge in [-0.1, -0.05) is 6.07 Å². The molecule has 3 nitrogen and oxygen atoms in total. The summed E-state index contributed by atoms with van der Waals surface area (Å²) in [5.74, 6) is 0.856. The summed E-state index contributed by atoms with van der Waals surface area (Å²) < 4.78 is 0. The van der Waals surface area contributed by atoms with Gasteiger partial charge in [0.25, 0.3) is 0 Å². The van der Waals surface area contributed by atoms with Crippen LogP contribution in [0.4, 0.5) is 0 Å². The van der Waals surface area contributed by atoms with Gasteiger partial charge in [0.05, 0.1) is 0 Å². The predicted molar refractivity (Wildman–Crippen MR) is 78.0 cm³/mol. The zero-order valence-electron chi connectivity index (χ0n) is 11.9. The van der Waals surface area contributed by atoms with E-state index in [1.165, 1.54) is 56.4 Å². The van der Waals surface area contributed by atoms with Crippen LogP contribution in [0.15, 0.2) is 18.5 Å². The minimum absolute atomic E-state index is 0.776. The van der Waals surface area contributed by atoms with Gasteiger partial charge in [-0.05, 0) is 62.7 Å². The van der Waals surface area contributed by atoms with E-state index >= 15 is 0 Å². The summed E-state index contributed by atoms with van der Waals surface area (Å²) in [5.41, 5.74) is 2.63. The van der Waals surface area contributed by atoms with Crippen molar-refractivity contribution in [2.45, 2.75) is 45.2 Å². The van der Waals surface area contributed by atoms with E-state index in [2.05, 4.69) is 28.2 Å². The van der Waals surface area contributed by atoms with E-state index in [0.29, 0.717) is 0 Å². The fourth-order valence-corrected chi connectivity index (χ4v) is 3.64. The predicted octanol–water partition coefficient (Wildman–Crippen LogP) is 2.35. The minimum atomic E-state index is 0.776. The van der Waals surface area contributed by atoms with E-state index in [1.807, 2.05) is 12.4 Å². The van der Waals surface area contributed by atoms with Crippen LogP contribution < -0.4 is 5.32 Å². The Kier molecular flexibility index (Phi) is 4.14. The minimum Gasteiger partial charge on any atom is -0.314 e. The number of pyridine rings is 1. The molecular weight excluding hydrogens is 234 g/mol. The van der Waals surface area contributed by atoms with Crippen LogP contribution in [-0.2, 0) is 6.54 Å². The van der Waals surface area contributed by atoms with E-state index in [0.717, 1.165) is 18.5 Å². The SMILES string of the molecule is Cc1cncc(CN2CCCC(C3CCCN3)C2)c1. The number of hydrogen-bond donors (Lipinski definition) is 1. The highest BCUT2D eigenvalue weighted by Crippen LogP contribution is 2.25. The fourth-order valence-electron chi connectivity index (χ4n) is 3.64. The highest BCUT2D eigenvalue weighted by Gasteiger charge is 2.28. The quantitative estimate of drug-likeness (QED) is 0.903. The molecule has 2 unspecified atom stereocenters. The van der Waals surface area contributed by atoms with E-state index in [-0.39, 0.29) is 0 Å².